The Morgan fingerprint density at radius 1 is 0.974 bits per heavy atom. The molecule has 6 aliphatic rings. The minimum atomic E-state index is -4.56. The van der Waals surface area contributed by atoms with Crippen molar-refractivity contribution >= 4 is 27.7 Å². The SMILES string of the molecule is Cc1ccc(S(=O)(=O)N2C(=O)[C@]3(O)C=C(CCC4OCCO4)[C@H]2[C@@]2(CCC4OCCO4)C(=O)NC(=O)[C@H]23)cc1. The molecule has 5 heterocycles. The van der Waals surface area contributed by atoms with Gasteiger partial charge in [0.1, 0.15) is 0 Å². The van der Waals surface area contributed by atoms with E-state index in [1.807, 2.05) is 0 Å². The molecule has 4 atom stereocenters. The van der Waals surface area contributed by atoms with Gasteiger partial charge in [0.2, 0.25) is 11.8 Å². The van der Waals surface area contributed by atoms with E-state index in [1.165, 1.54) is 18.2 Å². The fourth-order valence-corrected chi connectivity index (χ4v) is 8.29. The first-order valence-electron chi connectivity index (χ1n) is 13.0. The molecular weight excluding hydrogens is 532 g/mol. The Bertz CT molecular complexity index is 1330. The van der Waals surface area contributed by atoms with Crippen molar-refractivity contribution in [1.82, 2.24) is 9.62 Å². The Hall–Kier alpha value is -2.68. The predicted octanol–water partition coefficient (Wildman–Crippen LogP) is 0.131. The number of amides is 3. The highest BCUT2D eigenvalue weighted by molar-refractivity contribution is 7.89. The molecule has 4 saturated heterocycles. The molecule has 0 spiro atoms. The van der Waals surface area contributed by atoms with E-state index in [2.05, 4.69) is 5.32 Å². The molecular formula is C26H30N2O10S. The smallest absolute Gasteiger partial charge is 0.273 e. The van der Waals surface area contributed by atoms with E-state index in [-0.39, 0.29) is 24.2 Å². The number of ether oxygens (including phenoxy) is 4. The lowest BCUT2D eigenvalue weighted by Crippen LogP contribution is -2.75. The molecule has 1 aromatic rings. The van der Waals surface area contributed by atoms with Gasteiger partial charge in [0.05, 0.1) is 48.7 Å². The maximum atomic E-state index is 14.1. The molecule has 0 saturated carbocycles. The van der Waals surface area contributed by atoms with Crippen molar-refractivity contribution in [3.63, 3.8) is 0 Å². The summed E-state index contributed by atoms with van der Waals surface area (Å²) in [5.74, 6) is -4.23. The topological polar surface area (TPSA) is 158 Å². The molecule has 0 unspecified atom stereocenters. The average molecular weight is 563 g/mol. The van der Waals surface area contributed by atoms with Crippen LogP contribution in [0.5, 0.6) is 0 Å². The molecule has 2 N–H and O–H groups in total. The predicted molar refractivity (Wildman–Crippen MR) is 131 cm³/mol. The summed E-state index contributed by atoms with van der Waals surface area (Å²) in [7, 11) is -4.56. The Morgan fingerprint density at radius 2 is 1.56 bits per heavy atom. The zero-order valence-electron chi connectivity index (χ0n) is 21.3. The summed E-state index contributed by atoms with van der Waals surface area (Å²) in [6.45, 7) is 3.33. The van der Waals surface area contributed by atoms with E-state index in [1.54, 1.807) is 19.1 Å². The van der Waals surface area contributed by atoms with Crippen LogP contribution in [0.2, 0.25) is 0 Å². The maximum Gasteiger partial charge on any atom is 0.273 e. The van der Waals surface area contributed by atoms with Gasteiger partial charge in [-0.2, -0.15) is 0 Å². The Balaban J connectivity index is 1.49. The molecule has 1 aliphatic carbocycles. The number of nitrogens with one attached hydrogen (secondary N) is 1. The van der Waals surface area contributed by atoms with Gasteiger partial charge >= 0.3 is 0 Å². The van der Waals surface area contributed by atoms with Gasteiger partial charge in [0, 0.05) is 6.42 Å². The van der Waals surface area contributed by atoms with Crippen molar-refractivity contribution in [1.29, 1.82) is 0 Å². The molecule has 0 radical (unpaired) electrons. The summed E-state index contributed by atoms with van der Waals surface area (Å²) in [6, 6.07) is 4.58. The van der Waals surface area contributed by atoms with Gasteiger partial charge in [0.25, 0.3) is 15.9 Å². The van der Waals surface area contributed by atoms with Crippen LogP contribution in [0, 0.1) is 18.3 Å². The van der Waals surface area contributed by atoms with Crippen molar-refractivity contribution in [2.45, 2.75) is 61.7 Å². The fourth-order valence-electron chi connectivity index (χ4n) is 6.62. The number of benzene rings is 1. The second-order valence-electron chi connectivity index (χ2n) is 10.6. The third-order valence-corrected chi connectivity index (χ3v) is 10.1. The summed E-state index contributed by atoms with van der Waals surface area (Å²) in [4.78, 5) is 40.6. The fraction of sp³-hybridized carbons (Fsp3) is 0.577. The molecule has 39 heavy (non-hydrogen) atoms. The molecule has 5 aliphatic heterocycles. The van der Waals surface area contributed by atoms with Gasteiger partial charge in [-0.05, 0) is 50.0 Å². The first kappa shape index (κ1) is 26.5. The molecule has 0 aromatic heterocycles. The van der Waals surface area contributed by atoms with E-state index in [0.29, 0.717) is 42.7 Å². The van der Waals surface area contributed by atoms with Crippen LogP contribution in [0.15, 0.2) is 40.8 Å². The van der Waals surface area contributed by atoms with Gasteiger partial charge in [-0.3, -0.25) is 19.7 Å². The molecule has 7 rings (SSSR count). The molecule has 4 fully saturated rings. The number of imide groups is 1. The largest absolute Gasteiger partial charge is 0.375 e. The van der Waals surface area contributed by atoms with Gasteiger partial charge in [-0.25, -0.2) is 12.7 Å². The van der Waals surface area contributed by atoms with Gasteiger partial charge < -0.3 is 24.1 Å². The van der Waals surface area contributed by atoms with Crippen LogP contribution in [-0.2, 0) is 43.4 Å². The second-order valence-corrected chi connectivity index (χ2v) is 12.4. The van der Waals surface area contributed by atoms with E-state index in [0.717, 1.165) is 5.56 Å². The van der Waals surface area contributed by atoms with Crippen LogP contribution in [0.25, 0.3) is 0 Å². The number of hydrogen-bond donors (Lipinski definition) is 2. The van der Waals surface area contributed by atoms with Crippen molar-refractivity contribution in [3.05, 3.63) is 41.5 Å². The van der Waals surface area contributed by atoms with Crippen LogP contribution in [0.4, 0.5) is 0 Å². The van der Waals surface area contributed by atoms with Crippen molar-refractivity contribution in [3.8, 4) is 0 Å². The van der Waals surface area contributed by atoms with E-state index < -0.39 is 63.3 Å². The molecule has 210 valence electrons. The summed E-state index contributed by atoms with van der Waals surface area (Å²) in [6.07, 6.45) is 0.605. The van der Waals surface area contributed by atoms with E-state index in [4.69, 9.17) is 18.9 Å². The number of rotatable bonds is 8. The minimum absolute atomic E-state index is 0.0617. The van der Waals surface area contributed by atoms with E-state index in [9.17, 15) is 27.9 Å². The third kappa shape index (κ3) is 3.98. The number of fused-ring (bicyclic) bond motifs is 1. The highest BCUT2D eigenvalue weighted by atomic mass is 32.2. The third-order valence-electron chi connectivity index (χ3n) is 8.32. The van der Waals surface area contributed by atoms with Crippen LogP contribution < -0.4 is 5.32 Å². The second kappa shape index (κ2) is 9.46. The standard InChI is InChI=1S/C26H30N2O10S/c1-15-2-5-17(6-3-15)39(33,34)28-21-16(4-7-18-35-10-11-36-18)14-26(32,24(28)31)20-22(29)27-23(30)25(20,21)9-8-19-37-12-13-38-19/h2-3,5-6,14,18-21,32H,4,7-13H2,1H3,(H,27,29,30)/t20-,21+,25+,26+/m1/s1. The van der Waals surface area contributed by atoms with Crippen molar-refractivity contribution < 1.29 is 46.9 Å². The molecule has 1 aromatic carbocycles. The summed E-state index contributed by atoms with van der Waals surface area (Å²) < 4.78 is 50.9. The Morgan fingerprint density at radius 3 is 2.18 bits per heavy atom. The summed E-state index contributed by atoms with van der Waals surface area (Å²) in [5.41, 5.74) is -3.17. The number of piperidine rings is 1. The number of aliphatic hydroxyl groups is 1. The quantitative estimate of drug-likeness (QED) is 0.330. The van der Waals surface area contributed by atoms with Crippen LogP contribution in [0.3, 0.4) is 0 Å². The molecule has 12 nitrogen and oxygen atoms in total. The lowest BCUT2D eigenvalue weighted by molar-refractivity contribution is -0.179. The number of hydrogen-bond acceptors (Lipinski definition) is 10. The Kier molecular flexibility index (Phi) is 6.44. The average Bonchev–Trinajstić information content (AvgIpc) is 3.65. The van der Waals surface area contributed by atoms with Gasteiger partial charge in [0.15, 0.2) is 18.2 Å². The highest BCUT2D eigenvalue weighted by Crippen LogP contribution is 2.60. The number of sulfonamides is 1. The number of carbonyl (C=O) groups is 3. The van der Waals surface area contributed by atoms with Gasteiger partial charge in [-0.15, -0.1) is 0 Å². The maximum absolute atomic E-state index is 14.1. The number of nitrogens with zero attached hydrogens (tertiary/aromatic N) is 1. The minimum Gasteiger partial charge on any atom is -0.375 e. The van der Waals surface area contributed by atoms with Crippen LogP contribution in [-0.4, -0.2) is 86.2 Å². The zero-order chi connectivity index (χ0) is 27.6. The number of aryl methyl sites for hydroxylation is 1. The first-order chi connectivity index (χ1) is 18.6. The van der Waals surface area contributed by atoms with Crippen molar-refractivity contribution in [2.24, 2.45) is 11.3 Å². The monoisotopic (exact) mass is 562 g/mol. The van der Waals surface area contributed by atoms with Crippen LogP contribution >= 0.6 is 0 Å². The Labute approximate surface area is 225 Å². The van der Waals surface area contributed by atoms with Gasteiger partial charge in [-0.1, -0.05) is 17.7 Å². The lowest BCUT2D eigenvalue weighted by Gasteiger charge is -2.57. The molecule has 2 bridgehead atoms. The normalized spacial score (nSPS) is 33.1. The van der Waals surface area contributed by atoms with Crippen LogP contribution in [0.1, 0.15) is 31.2 Å². The molecule has 3 amide bonds. The number of carbonyl (C=O) groups excluding carboxylic acids is 3. The van der Waals surface area contributed by atoms with E-state index >= 15 is 0 Å². The summed E-state index contributed by atoms with van der Waals surface area (Å²) >= 11 is 0. The van der Waals surface area contributed by atoms with Crippen molar-refractivity contribution in [2.75, 3.05) is 26.4 Å². The first-order valence-corrected chi connectivity index (χ1v) is 14.4. The zero-order valence-corrected chi connectivity index (χ0v) is 22.1. The lowest BCUT2D eigenvalue weighted by atomic mass is 9.53. The summed E-state index contributed by atoms with van der Waals surface area (Å²) in [5, 5.41) is 14.2. The highest BCUT2D eigenvalue weighted by Gasteiger charge is 2.77. The molecule has 13 heteroatoms.